The van der Waals surface area contributed by atoms with Crippen LogP contribution in [0.1, 0.15) is 0 Å². The van der Waals surface area contributed by atoms with E-state index in [-0.39, 0.29) is 0 Å². The molecule has 140 valence electrons. The van der Waals surface area contributed by atoms with Crippen molar-refractivity contribution in [3.63, 3.8) is 0 Å². The summed E-state index contributed by atoms with van der Waals surface area (Å²) >= 11 is 6.02. The predicted octanol–water partition coefficient (Wildman–Crippen LogP) is 4.56. The van der Waals surface area contributed by atoms with Gasteiger partial charge in [0.25, 0.3) is 0 Å². The molecule has 0 aliphatic carbocycles. The van der Waals surface area contributed by atoms with Crippen LogP contribution >= 0.6 is 16.3 Å². The Kier molecular flexibility index (Phi) is 5.41. The molecule has 0 spiro atoms. The summed E-state index contributed by atoms with van der Waals surface area (Å²) in [6.07, 6.45) is 0. The van der Waals surface area contributed by atoms with Gasteiger partial charge in [-0.15, -0.1) is 0 Å². The Balaban J connectivity index is 2.32. The van der Waals surface area contributed by atoms with E-state index in [2.05, 4.69) is 134 Å². The van der Waals surface area contributed by atoms with Gasteiger partial charge < -0.3 is 0 Å². The Morgan fingerprint density at radius 3 is 0.857 bits per heavy atom. The van der Waals surface area contributed by atoms with E-state index in [1.807, 2.05) is 0 Å². The van der Waals surface area contributed by atoms with Gasteiger partial charge in [-0.1, -0.05) is 0 Å². The van der Waals surface area contributed by atoms with Crippen molar-refractivity contribution in [2.24, 2.45) is 0 Å². The summed E-state index contributed by atoms with van der Waals surface area (Å²) in [5.74, 6) is 0. The molecule has 0 N–H and O–H groups in total. The topological polar surface area (TPSA) is 2.70 Å². The molecule has 0 fully saturated rings. The second-order valence-electron chi connectivity index (χ2n) is 6.65. The molecule has 1 nitrogen and oxygen atoms in total. The van der Waals surface area contributed by atoms with Gasteiger partial charge in [0.15, 0.2) is 0 Å². The average Bonchev–Trinajstić information content (AvgIpc) is 2.78. The number of hydrogen-bond donors (Lipinski definition) is 0. The number of benzene rings is 4. The molecule has 0 saturated heterocycles. The zero-order valence-corrected chi connectivity index (χ0v) is 18.3. The molecule has 1 atom stereocenters. The van der Waals surface area contributed by atoms with E-state index in [9.17, 15) is 0 Å². The standard InChI is InChI=1S/C24H22OP2S/c26-25(28)27(21-13-5-1-6-14-21,22-15-7-2-8-16-22,23-17-9-3-10-18-23)24-19-11-4-12-20-24/h1-20H,26H2. The maximum atomic E-state index is 6.02. The third-order valence-corrected chi connectivity index (χ3v) is 13.4. The van der Waals surface area contributed by atoms with E-state index in [1.54, 1.807) is 0 Å². The first-order valence-corrected chi connectivity index (χ1v) is 12.1. The Bertz CT molecular complexity index is 869. The first-order chi connectivity index (χ1) is 13.7. The van der Waals surface area contributed by atoms with Gasteiger partial charge in [0.05, 0.1) is 0 Å². The maximum absolute atomic E-state index is 6.02. The molecule has 0 bridgehead atoms. The van der Waals surface area contributed by atoms with Gasteiger partial charge in [0, 0.05) is 0 Å². The molecule has 0 aromatic heterocycles. The van der Waals surface area contributed by atoms with Crippen LogP contribution in [0.2, 0.25) is 0 Å². The summed E-state index contributed by atoms with van der Waals surface area (Å²) in [6.45, 7) is -3.42. The van der Waals surface area contributed by atoms with Gasteiger partial charge in [-0.2, -0.15) is 0 Å². The molecule has 0 radical (unpaired) electrons. The van der Waals surface area contributed by atoms with Gasteiger partial charge in [-0.25, -0.2) is 0 Å². The van der Waals surface area contributed by atoms with Gasteiger partial charge >= 0.3 is 175 Å². The quantitative estimate of drug-likeness (QED) is 0.260. The Hall–Kier alpha value is -1.95. The minimum absolute atomic E-state index is 1.19. The van der Waals surface area contributed by atoms with Crippen molar-refractivity contribution in [2.45, 2.75) is 0 Å². The fraction of sp³-hybridized carbons (Fsp3) is 0. The molecular weight excluding hydrogens is 398 g/mol. The van der Waals surface area contributed by atoms with Crippen LogP contribution in [0.15, 0.2) is 121 Å². The van der Waals surface area contributed by atoms with Crippen LogP contribution in [0.4, 0.5) is 0 Å². The van der Waals surface area contributed by atoms with E-state index in [1.165, 1.54) is 21.2 Å². The Labute approximate surface area is 175 Å². The predicted molar refractivity (Wildman–Crippen MR) is 129 cm³/mol. The molecular formula is C24H22OP2S. The van der Waals surface area contributed by atoms with Crippen molar-refractivity contribution in [3.05, 3.63) is 121 Å². The van der Waals surface area contributed by atoms with Crippen molar-refractivity contribution in [2.75, 3.05) is 0 Å². The zero-order valence-electron chi connectivity index (χ0n) is 15.4. The van der Waals surface area contributed by atoms with E-state index in [0.717, 1.165) is 0 Å². The summed E-state index contributed by atoms with van der Waals surface area (Å²) in [7, 11) is 2.75. The van der Waals surface area contributed by atoms with Crippen LogP contribution in [-0.4, -0.2) is 0 Å². The second-order valence-corrected chi connectivity index (χ2v) is 13.0. The summed E-state index contributed by atoms with van der Waals surface area (Å²) in [6, 6.07) is 42.5. The van der Waals surface area contributed by atoms with Gasteiger partial charge in [-0.05, 0) is 0 Å². The minimum atomic E-state index is -3.42. The number of rotatable bonds is 5. The molecule has 0 heterocycles. The molecule has 28 heavy (non-hydrogen) atoms. The molecule has 4 aromatic rings. The molecule has 0 aliphatic rings. The Morgan fingerprint density at radius 1 is 0.464 bits per heavy atom. The zero-order chi connectivity index (χ0) is 19.5. The third kappa shape index (κ3) is 2.60. The Morgan fingerprint density at radius 2 is 0.679 bits per heavy atom. The van der Waals surface area contributed by atoms with Gasteiger partial charge in [-0.3, -0.25) is 0 Å². The van der Waals surface area contributed by atoms with E-state index < -0.39 is 6.83 Å². The van der Waals surface area contributed by atoms with Crippen LogP contribution < -0.4 is 21.2 Å². The van der Waals surface area contributed by atoms with Crippen LogP contribution in [-0.2, 0) is 16.3 Å². The fourth-order valence-corrected chi connectivity index (χ4v) is 12.2. The van der Waals surface area contributed by atoms with Crippen LogP contribution in [0.5, 0.6) is 0 Å². The molecule has 0 saturated carbocycles. The molecule has 0 aliphatic heterocycles. The molecule has 4 heteroatoms. The summed E-state index contributed by atoms with van der Waals surface area (Å²) in [5.41, 5.74) is 0. The normalized spacial score (nSPS) is 13.0. The molecule has 0 amide bonds. The second kappa shape index (κ2) is 7.82. The van der Waals surface area contributed by atoms with E-state index in [4.69, 9.17) is 12.9 Å². The van der Waals surface area contributed by atoms with Crippen molar-refractivity contribution in [3.8, 4) is 0 Å². The van der Waals surface area contributed by atoms with Gasteiger partial charge in [0.2, 0.25) is 0 Å². The molecule has 4 aromatic carbocycles. The first kappa shape index (κ1) is 19.4. The van der Waals surface area contributed by atoms with Crippen LogP contribution in [0, 0.1) is 0 Å². The van der Waals surface area contributed by atoms with Crippen molar-refractivity contribution in [1.82, 2.24) is 0 Å². The van der Waals surface area contributed by atoms with Crippen molar-refractivity contribution in [1.29, 1.82) is 0 Å². The van der Waals surface area contributed by atoms with Crippen LogP contribution in [0.3, 0.4) is 0 Å². The summed E-state index contributed by atoms with van der Waals surface area (Å²) in [5, 5.41) is 4.75. The number of hydrogen-bond acceptors (Lipinski definition) is 1. The van der Waals surface area contributed by atoms with Crippen molar-refractivity contribution >= 4 is 50.4 Å². The molecule has 1 unspecified atom stereocenters. The summed E-state index contributed by atoms with van der Waals surface area (Å²) < 4.78 is 3.03. The van der Waals surface area contributed by atoms with Gasteiger partial charge in [0.1, 0.15) is 0 Å². The van der Waals surface area contributed by atoms with E-state index in [0.29, 0.717) is 0 Å². The average molecular weight is 420 g/mol. The third-order valence-electron chi connectivity index (χ3n) is 5.36. The molecule has 4 rings (SSSR count). The monoisotopic (exact) mass is 420 g/mol. The van der Waals surface area contributed by atoms with Crippen molar-refractivity contribution < 1.29 is 3.39 Å². The summed E-state index contributed by atoms with van der Waals surface area (Å²) in [4.78, 5) is 0. The SMILES string of the molecule is P[O+]([S-])P(c1ccccc1)(c1ccccc1)(c1ccccc1)c1ccccc1. The van der Waals surface area contributed by atoms with E-state index >= 15 is 0 Å². The fourth-order valence-electron chi connectivity index (χ4n) is 4.16. The first-order valence-electron chi connectivity index (χ1n) is 9.12. The van der Waals surface area contributed by atoms with Crippen LogP contribution in [0.25, 0.3) is 0 Å².